The molecule has 0 radical (unpaired) electrons. The number of ether oxygens (including phenoxy) is 1. The van der Waals surface area contributed by atoms with Crippen molar-refractivity contribution in [1.82, 2.24) is 0 Å². The third-order valence-corrected chi connectivity index (χ3v) is 3.28. The highest BCUT2D eigenvalue weighted by Crippen LogP contribution is 2.35. The van der Waals surface area contributed by atoms with Crippen LogP contribution in [0.1, 0.15) is 0 Å². The van der Waals surface area contributed by atoms with Gasteiger partial charge in [0.25, 0.3) is 0 Å². The van der Waals surface area contributed by atoms with E-state index in [1.807, 2.05) is 6.07 Å². The van der Waals surface area contributed by atoms with Gasteiger partial charge in [-0.3, -0.25) is 0 Å². The number of benzene rings is 3. The molecular formula is C17H11F3O2. The first-order valence-electron chi connectivity index (χ1n) is 6.51. The Bertz CT molecular complexity index is 825. The van der Waals surface area contributed by atoms with Crippen LogP contribution in [0, 0.1) is 0 Å². The number of phenols is 1. The van der Waals surface area contributed by atoms with Gasteiger partial charge < -0.3 is 9.84 Å². The molecule has 0 saturated carbocycles. The highest BCUT2D eigenvalue weighted by Gasteiger charge is 2.31. The molecule has 5 heteroatoms. The van der Waals surface area contributed by atoms with Gasteiger partial charge in [-0.25, -0.2) is 0 Å². The molecule has 0 aliphatic rings. The summed E-state index contributed by atoms with van der Waals surface area (Å²) in [4.78, 5) is 0. The van der Waals surface area contributed by atoms with Gasteiger partial charge in [0.1, 0.15) is 11.5 Å². The predicted molar refractivity (Wildman–Crippen MR) is 77.7 cm³/mol. The number of rotatable bonds is 2. The van der Waals surface area contributed by atoms with Crippen molar-refractivity contribution in [2.45, 2.75) is 6.36 Å². The summed E-state index contributed by atoms with van der Waals surface area (Å²) in [6.07, 6.45) is -4.73. The lowest BCUT2D eigenvalue weighted by Gasteiger charge is -2.12. The molecule has 112 valence electrons. The summed E-state index contributed by atoms with van der Waals surface area (Å²) in [5, 5.41) is 11.3. The average molecular weight is 304 g/mol. The van der Waals surface area contributed by atoms with Gasteiger partial charge in [-0.1, -0.05) is 42.5 Å². The molecule has 0 spiro atoms. The maximum Gasteiger partial charge on any atom is 0.573 e. The third kappa shape index (κ3) is 2.83. The van der Waals surface area contributed by atoms with Crippen molar-refractivity contribution in [1.29, 1.82) is 0 Å². The van der Waals surface area contributed by atoms with E-state index in [2.05, 4.69) is 4.74 Å². The molecule has 3 aromatic rings. The standard InChI is InChI=1S/C17H11F3O2/c18-17(19,20)22-12-5-3-4-11(10-12)13-8-9-16(21)15-7-2-1-6-14(13)15/h1-10,21H. The van der Waals surface area contributed by atoms with Gasteiger partial charge in [0.15, 0.2) is 0 Å². The van der Waals surface area contributed by atoms with E-state index < -0.39 is 6.36 Å². The van der Waals surface area contributed by atoms with Gasteiger partial charge in [-0.2, -0.15) is 0 Å². The monoisotopic (exact) mass is 304 g/mol. The van der Waals surface area contributed by atoms with Crippen LogP contribution in [-0.2, 0) is 0 Å². The molecule has 3 rings (SSSR count). The molecule has 0 aliphatic heterocycles. The largest absolute Gasteiger partial charge is 0.573 e. The average Bonchev–Trinajstić information content (AvgIpc) is 2.46. The Balaban J connectivity index is 2.12. The van der Waals surface area contributed by atoms with E-state index in [9.17, 15) is 18.3 Å². The van der Waals surface area contributed by atoms with Crippen LogP contribution in [0.3, 0.4) is 0 Å². The Hall–Kier alpha value is -2.69. The van der Waals surface area contributed by atoms with E-state index in [1.54, 1.807) is 30.3 Å². The van der Waals surface area contributed by atoms with Crippen LogP contribution in [0.4, 0.5) is 13.2 Å². The number of phenolic OH excluding ortho intramolecular Hbond substituents is 1. The van der Waals surface area contributed by atoms with Gasteiger partial charge in [0, 0.05) is 5.39 Å². The Kier molecular flexibility index (Phi) is 3.41. The van der Waals surface area contributed by atoms with E-state index >= 15 is 0 Å². The van der Waals surface area contributed by atoms with Gasteiger partial charge in [-0.05, 0) is 34.7 Å². The second kappa shape index (κ2) is 5.26. The SMILES string of the molecule is Oc1ccc(-c2cccc(OC(F)(F)F)c2)c2ccccc12. The quantitative estimate of drug-likeness (QED) is 0.713. The van der Waals surface area contributed by atoms with Gasteiger partial charge >= 0.3 is 6.36 Å². The Labute approximate surface area is 124 Å². The van der Waals surface area contributed by atoms with E-state index in [0.29, 0.717) is 10.9 Å². The summed E-state index contributed by atoms with van der Waals surface area (Å²) in [6, 6.07) is 16.1. The number of hydrogen-bond donors (Lipinski definition) is 1. The topological polar surface area (TPSA) is 29.5 Å². The minimum Gasteiger partial charge on any atom is -0.507 e. The summed E-state index contributed by atoms with van der Waals surface area (Å²) in [7, 11) is 0. The molecule has 0 heterocycles. The number of hydrogen-bond acceptors (Lipinski definition) is 2. The molecule has 0 atom stereocenters. The van der Waals surface area contributed by atoms with Crippen LogP contribution in [0.5, 0.6) is 11.5 Å². The molecule has 1 N–H and O–H groups in total. The zero-order valence-electron chi connectivity index (χ0n) is 11.3. The van der Waals surface area contributed by atoms with Crippen molar-refractivity contribution in [3.8, 4) is 22.6 Å². The summed E-state index contributed by atoms with van der Waals surface area (Å²) >= 11 is 0. The molecule has 3 aromatic carbocycles. The smallest absolute Gasteiger partial charge is 0.507 e. The Morgan fingerprint density at radius 2 is 1.55 bits per heavy atom. The highest BCUT2D eigenvalue weighted by molar-refractivity contribution is 6.00. The second-order valence-electron chi connectivity index (χ2n) is 4.75. The van der Waals surface area contributed by atoms with Crippen molar-refractivity contribution < 1.29 is 23.0 Å². The molecule has 0 fully saturated rings. The fourth-order valence-electron chi connectivity index (χ4n) is 2.40. The normalized spacial score (nSPS) is 11.6. The molecule has 0 bridgehead atoms. The molecule has 2 nitrogen and oxygen atoms in total. The maximum absolute atomic E-state index is 12.3. The first kappa shape index (κ1) is 14.3. The maximum atomic E-state index is 12.3. The van der Waals surface area contributed by atoms with Crippen LogP contribution in [-0.4, -0.2) is 11.5 Å². The van der Waals surface area contributed by atoms with Gasteiger partial charge in [0.05, 0.1) is 0 Å². The van der Waals surface area contributed by atoms with E-state index in [4.69, 9.17) is 0 Å². The lowest BCUT2D eigenvalue weighted by Crippen LogP contribution is -2.17. The zero-order valence-corrected chi connectivity index (χ0v) is 11.3. The Morgan fingerprint density at radius 1 is 0.818 bits per heavy atom. The first-order chi connectivity index (χ1) is 10.4. The number of fused-ring (bicyclic) bond motifs is 1. The lowest BCUT2D eigenvalue weighted by molar-refractivity contribution is -0.274. The Morgan fingerprint density at radius 3 is 2.27 bits per heavy atom. The van der Waals surface area contributed by atoms with Crippen molar-refractivity contribution in [3.63, 3.8) is 0 Å². The molecule has 22 heavy (non-hydrogen) atoms. The molecule has 0 unspecified atom stereocenters. The van der Waals surface area contributed by atoms with E-state index in [1.165, 1.54) is 24.3 Å². The van der Waals surface area contributed by atoms with Gasteiger partial charge in [0.2, 0.25) is 0 Å². The van der Waals surface area contributed by atoms with E-state index in [0.717, 1.165) is 10.9 Å². The fourth-order valence-corrected chi connectivity index (χ4v) is 2.40. The summed E-state index contributed by atoms with van der Waals surface area (Å²) in [6.45, 7) is 0. The molecule has 0 amide bonds. The lowest BCUT2D eigenvalue weighted by atomic mass is 9.97. The number of aromatic hydroxyl groups is 1. The fraction of sp³-hybridized carbons (Fsp3) is 0.0588. The van der Waals surface area contributed by atoms with Crippen LogP contribution in [0.2, 0.25) is 0 Å². The van der Waals surface area contributed by atoms with E-state index in [-0.39, 0.29) is 11.5 Å². The van der Waals surface area contributed by atoms with Crippen LogP contribution >= 0.6 is 0 Å². The minimum absolute atomic E-state index is 0.127. The molecular weight excluding hydrogens is 293 g/mol. The second-order valence-corrected chi connectivity index (χ2v) is 4.75. The van der Waals surface area contributed by atoms with Crippen LogP contribution < -0.4 is 4.74 Å². The number of halogens is 3. The van der Waals surface area contributed by atoms with Gasteiger partial charge in [-0.15, -0.1) is 13.2 Å². The molecule has 0 saturated heterocycles. The van der Waals surface area contributed by atoms with Crippen molar-refractivity contribution in [2.24, 2.45) is 0 Å². The molecule has 0 aromatic heterocycles. The highest BCUT2D eigenvalue weighted by atomic mass is 19.4. The number of alkyl halides is 3. The predicted octanol–water partition coefficient (Wildman–Crippen LogP) is 5.11. The van der Waals surface area contributed by atoms with Crippen molar-refractivity contribution in [2.75, 3.05) is 0 Å². The van der Waals surface area contributed by atoms with Crippen LogP contribution in [0.25, 0.3) is 21.9 Å². The van der Waals surface area contributed by atoms with Crippen molar-refractivity contribution in [3.05, 3.63) is 60.7 Å². The van der Waals surface area contributed by atoms with Crippen molar-refractivity contribution >= 4 is 10.8 Å². The summed E-state index contributed by atoms with van der Waals surface area (Å²) in [5.41, 5.74) is 1.30. The summed E-state index contributed by atoms with van der Waals surface area (Å²) < 4.78 is 40.9. The van der Waals surface area contributed by atoms with Crippen LogP contribution in [0.15, 0.2) is 60.7 Å². The summed E-state index contributed by atoms with van der Waals surface area (Å²) in [5.74, 6) is -0.149. The minimum atomic E-state index is -4.73. The zero-order chi connectivity index (χ0) is 15.7. The molecule has 0 aliphatic carbocycles. The first-order valence-corrected chi connectivity index (χ1v) is 6.51. The third-order valence-electron chi connectivity index (χ3n) is 3.28.